The molecule has 108 valence electrons. The molecule has 0 saturated heterocycles. The van der Waals surface area contributed by atoms with Crippen LogP contribution in [0, 0.1) is 0 Å². The lowest BCUT2D eigenvalue weighted by Crippen LogP contribution is -2.35. The Hall–Kier alpha value is -0.603. The molecular weight excluding hydrogens is 248 g/mol. The highest BCUT2D eigenvalue weighted by Crippen LogP contribution is 2.25. The van der Waals surface area contributed by atoms with Crippen molar-refractivity contribution in [2.24, 2.45) is 0 Å². The summed E-state index contributed by atoms with van der Waals surface area (Å²) >= 11 is 0. The van der Waals surface area contributed by atoms with Crippen molar-refractivity contribution >= 4 is 8.32 Å². The quantitative estimate of drug-likeness (QED) is 0.624. The van der Waals surface area contributed by atoms with Gasteiger partial charge in [-0.15, -0.1) is 0 Å². The highest BCUT2D eigenvalue weighted by molar-refractivity contribution is 6.73. The van der Waals surface area contributed by atoms with E-state index in [1.165, 1.54) is 29.3 Å². The fourth-order valence-electron chi connectivity index (χ4n) is 2.39. The van der Waals surface area contributed by atoms with Crippen molar-refractivity contribution in [2.45, 2.75) is 71.7 Å². The first-order valence-corrected chi connectivity index (χ1v) is 10.1. The van der Waals surface area contributed by atoms with E-state index in [0.29, 0.717) is 0 Å². The average molecular weight is 279 g/mol. The molecule has 0 atom stereocenters. The van der Waals surface area contributed by atoms with E-state index in [-0.39, 0.29) is 5.41 Å². The summed E-state index contributed by atoms with van der Waals surface area (Å²) in [7, 11) is -1.45. The Labute approximate surface area is 120 Å². The minimum Gasteiger partial charge on any atom is -0.413 e. The Kier molecular flexibility index (Phi) is 5.81. The molecule has 1 aromatic carbocycles. The predicted octanol–water partition coefficient (Wildman–Crippen LogP) is 5.51. The summed E-state index contributed by atoms with van der Waals surface area (Å²) in [4.78, 5) is 0. The summed E-state index contributed by atoms with van der Waals surface area (Å²) in [5.41, 5.74) is 2.93. The summed E-state index contributed by atoms with van der Waals surface area (Å²) < 4.78 is 6.33. The topological polar surface area (TPSA) is 9.23 Å². The second-order valence-corrected chi connectivity index (χ2v) is 11.3. The predicted molar refractivity (Wildman–Crippen MR) is 87.1 cm³/mol. The van der Waals surface area contributed by atoms with Gasteiger partial charge >= 0.3 is 0 Å². The standard InChI is InChI=1S/C17H30OSi/c1-7-19(8-2,9-3)18-14-15-10-12-16(13-11-15)17(4,5)6/h10-13H,7-9,14H2,1-6H3. The zero-order valence-electron chi connectivity index (χ0n) is 13.5. The van der Waals surface area contributed by atoms with Gasteiger partial charge in [0.2, 0.25) is 0 Å². The van der Waals surface area contributed by atoms with Crippen molar-refractivity contribution in [1.29, 1.82) is 0 Å². The molecule has 0 aromatic heterocycles. The van der Waals surface area contributed by atoms with Crippen molar-refractivity contribution in [3.63, 3.8) is 0 Å². The molecule has 0 fully saturated rings. The van der Waals surface area contributed by atoms with Crippen LogP contribution >= 0.6 is 0 Å². The molecule has 0 aliphatic heterocycles. The van der Waals surface area contributed by atoms with Gasteiger partial charge in [0.05, 0.1) is 6.61 Å². The molecule has 1 aromatic rings. The van der Waals surface area contributed by atoms with Gasteiger partial charge in [-0.3, -0.25) is 0 Å². The van der Waals surface area contributed by atoms with Gasteiger partial charge in [0.1, 0.15) is 0 Å². The molecule has 0 aliphatic carbocycles. The lowest BCUT2D eigenvalue weighted by atomic mass is 9.87. The lowest BCUT2D eigenvalue weighted by Gasteiger charge is -2.28. The van der Waals surface area contributed by atoms with Crippen LogP contribution in [-0.2, 0) is 16.4 Å². The van der Waals surface area contributed by atoms with E-state index in [9.17, 15) is 0 Å². The summed E-state index contributed by atoms with van der Waals surface area (Å²) in [5.74, 6) is 0. The zero-order valence-corrected chi connectivity index (χ0v) is 14.5. The van der Waals surface area contributed by atoms with Gasteiger partial charge < -0.3 is 4.43 Å². The third kappa shape index (κ3) is 4.46. The Morgan fingerprint density at radius 3 is 1.74 bits per heavy atom. The summed E-state index contributed by atoms with van der Waals surface area (Å²) in [6.07, 6.45) is 0. The van der Waals surface area contributed by atoms with Crippen LogP contribution in [0.4, 0.5) is 0 Å². The fourth-order valence-corrected chi connectivity index (χ4v) is 4.98. The van der Waals surface area contributed by atoms with Crippen LogP contribution in [0.2, 0.25) is 18.1 Å². The average Bonchev–Trinajstić information content (AvgIpc) is 2.40. The number of hydrogen-bond donors (Lipinski definition) is 0. The van der Waals surface area contributed by atoms with Gasteiger partial charge in [-0.2, -0.15) is 0 Å². The molecule has 0 saturated carbocycles. The minimum atomic E-state index is -1.45. The van der Waals surface area contributed by atoms with Crippen LogP contribution in [0.25, 0.3) is 0 Å². The maximum atomic E-state index is 6.33. The Morgan fingerprint density at radius 2 is 1.37 bits per heavy atom. The molecule has 0 unspecified atom stereocenters. The van der Waals surface area contributed by atoms with Crippen molar-refractivity contribution < 1.29 is 4.43 Å². The monoisotopic (exact) mass is 278 g/mol. The molecule has 0 aliphatic rings. The van der Waals surface area contributed by atoms with Crippen molar-refractivity contribution in [1.82, 2.24) is 0 Å². The van der Waals surface area contributed by atoms with E-state index in [0.717, 1.165) is 6.61 Å². The molecule has 1 nitrogen and oxygen atoms in total. The third-order valence-corrected chi connectivity index (χ3v) is 8.92. The second kappa shape index (κ2) is 6.71. The van der Waals surface area contributed by atoms with Crippen LogP contribution < -0.4 is 0 Å². The summed E-state index contributed by atoms with van der Waals surface area (Å²) in [6, 6.07) is 12.6. The van der Waals surface area contributed by atoms with E-state index in [2.05, 4.69) is 65.8 Å². The van der Waals surface area contributed by atoms with Gasteiger partial charge in [-0.05, 0) is 34.7 Å². The molecule has 19 heavy (non-hydrogen) atoms. The van der Waals surface area contributed by atoms with Crippen LogP contribution in [0.1, 0.15) is 52.7 Å². The number of hydrogen-bond acceptors (Lipinski definition) is 1. The van der Waals surface area contributed by atoms with E-state index in [1.807, 2.05) is 0 Å². The molecule has 2 heteroatoms. The van der Waals surface area contributed by atoms with E-state index < -0.39 is 8.32 Å². The maximum absolute atomic E-state index is 6.33. The molecule has 0 radical (unpaired) electrons. The molecule has 0 bridgehead atoms. The first-order valence-electron chi connectivity index (χ1n) is 7.60. The largest absolute Gasteiger partial charge is 0.413 e. The zero-order chi connectivity index (χ0) is 14.5. The Balaban J connectivity index is 2.69. The minimum absolute atomic E-state index is 0.230. The van der Waals surface area contributed by atoms with E-state index >= 15 is 0 Å². The van der Waals surface area contributed by atoms with Crippen LogP contribution in [0.5, 0.6) is 0 Å². The molecule has 0 amide bonds. The molecule has 1 rings (SSSR count). The van der Waals surface area contributed by atoms with Gasteiger partial charge in [0.15, 0.2) is 8.32 Å². The number of rotatable bonds is 6. The fraction of sp³-hybridized carbons (Fsp3) is 0.647. The Bertz CT molecular complexity index is 363. The lowest BCUT2D eigenvalue weighted by molar-refractivity contribution is 0.287. The Morgan fingerprint density at radius 1 is 0.895 bits per heavy atom. The third-order valence-electron chi connectivity index (χ3n) is 4.30. The van der Waals surface area contributed by atoms with Crippen molar-refractivity contribution in [3.05, 3.63) is 35.4 Å². The van der Waals surface area contributed by atoms with E-state index in [1.54, 1.807) is 0 Å². The SMILES string of the molecule is CC[Si](CC)(CC)OCc1ccc(C(C)(C)C)cc1. The summed E-state index contributed by atoms with van der Waals surface area (Å²) in [5, 5.41) is 0. The molecule has 0 spiro atoms. The van der Waals surface area contributed by atoms with Gasteiger partial charge in [-0.1, -0.05) is 65.8 Å². The maximum Gasteiger partial charge on any atom is 0.192 e. The van der Waals surface area contributed by atoms with Crippen LogP contribution in [0.15, 0.2) is 24.3 Å². The highest BCUT2D eigenvalue weighted by Gasteiger charge is 2.28. The van der Waals surface area contributed by atoms with E-state index in [4.69, 9.17) is 4.43 Å². The van der Waals surface area contributed by atoms with Gasteiger partial charge in [0.25, 0.3) is 0 Å². The molecular formula is C17H30OSi. The van der Waals surface area contributed by atoms with Crippen LogP contribution in [0.3, 0.4) is 0 Å². The second-order valence-electron chi connectivity index (χ2n) is 6.48. The van der Waals surface area contributed by atoms with Gasteiger partial charge in [0, 0.05) is 0 Å². The number of benzene rings is 1. The van der Waals surface area contributed by atoms with Crippen molar-refractivity contribution in [2.75, 3.05) is 0 Å². The first kappa shape index (κ1) is 16.5. The highest BCUT2D eigenvalue weighted by atomic mass is 28.4. The normalized spacial score (nSPS) is 12.7. The van der Waals surface area contributed by atoms with Gasteiger partial charge in [-0.25, -0.2) is 0 Å². The van der Waals surface area contributed by atoms with Crippen LogP contribution in [-0.4, -0.2) is 8.32 Å². The molecule has 0 heterocycles. The first-order chi connectivity index (χ1) is 8.87. The molecule has 0 N–H and O–H groups in total. The smallest absolute Gasteiger partial charge is 0.192 e. The summed E-state index contributed by atoms with van der Waals surface area (Å²) in [6.45, 7) is 14.4. The van der Waals surface area contributed by atoms with Crippen molar-refractivity contribution in [3.8, 4) is 0 Å².